The highest BCUT2D eigenvalue weighted by Crippen LogP contribution is 2.35. The Morgan fingerprint density at radius 2 is 1.84 bits per heavy atom. The van der Waals surface area contributed by atoms with Crippen molar-refractivity contribution in [3.8, 4) is 22.5 Å². The molecule has 3 N–H and O–H groups in total. The smallest absolute Gasteiger partial charge is 0.198 e. The number of halogens is 1. The van der Waals surface area contributed by atoms with E-state index in [-0.39, 0.29) is 23.8 Å². The standard InChI is InChI=1S/C23H21ClN6O2/c24-17-11-15(10-16-12-26-29-19(16)17)21-20(14-4-2-1-3-5-14)28-23(25)22(27-21)18(31)13-30-6-8-32-9-7-30/h1-5,10-12H,6-9,13H2,(H2,25,28)(H,26,29). The number of nitrogen functional groups attached to an aromatic ring is 1. The van der Waals surface area contributed by atoms with Gasteiger partial charge >= 0.3 is 0 Å². The summed E-state index contributed by atoms with van der Waals surface area (Å²) >= 11 is 6.48. The summed E-state index contributed by atoms with van der Waals surface area (Å²) in [5, 5.41) is 8.30. The normalized spacial score (nSPS) is 14.7. The van der Waals surface area contributed by atoms with Gasteiger partial charge in [-0.05, 0) is 12.1 Å². The number of nitrogens with zero attached hydrogens (tertiary/aromatic N) is 4. The molecule has 3 heterocycles. The summed E-state index contributed by atoms with van der Waals surface area (Å²) in [7, 11) is 0. The van der Waals surface area contributed by atoms with Crippen molar-refractivity contribution in [3.63, 3.8) is 0 Å². The second kappa shape index (κ2) is 8.66. The van der Waals surface area contributed by atoms with E-state index in [2.05, 4.69) is 15.2 Å². The van der Waals surface area contributed by atoms with E-state index in [1.54, 1.807) is 12.3 Å². The molecule has 1 fully saturated rings. The third-order valence-corrected chi connectivity index (χ3v) is 5.78. The fourth-order valence-electron chi connectivity index (χ4n) is 3.84. The predicted octanol–water partition coefficient (Wildman–Crippen LogP) is 3.44. The molecule has 4 aromatic rings. The van der Waals surface area contributed by atoms with Gasteiger partial charge in [0.1, 0.15) is 0 Å². The van der Waals surface area contributed by atoms with Crippen molar-refractivity contribution in [2.45, 2.75) is 0 Å². The van der Waals surface area contributed by atoms with Crippen LogP contribution >= 0.6 is 11.6 Å². The molecule has 0 bridgehead atoms. The van der Waals surface area contributed by atoms with Gasteiger partial charge < -0.3 is 10.5 Å². The summed E-state index contributed by atoms with van der Waals surface area (Å²) in [4.78, 5) is 24.5. The highest BCUT2D eigenvalue weighted by Gasteiger charge is 2.23. The lowest BCUT2D eigenvalue weighted by Crippen LogP contribution is -2.39. The maximum Gasteiger partial charge on any atom is 0.198 e. The van der Waals surface area contributed by atoms with E-state index in [4.69, 9.17) is 27.1 Å². The van der Waals surface area contributed by atoms with Crippen molar-refractivity contribution < 1.29 is 9.53 Å². The molecule has 32 heavy (non-hydrogen) atoms. The van der Waals surface area contributed by atoms with Gasteiger partial charge in [0.15, 0.2) is 17.3 Å². The quantitative estimate of drug-likeness (QED) is 0.450. The van der Waals surface area contributed by atoms with Crippen molar-refractivity contribution in [2.75, 3.05) is 38.6 Å². The van der Waals surface area contributed by atoms with Crippen molar-refractivity contribution in [2.24, 2.45) is 0 Å². The van der Waals surface area contributed by atoms with Crippen LogP contribution in [0.1, 0.15) is 10.5 Å². The van der Waals surface area contributed by atoms with Gasteiger partial charge in [-0.1, -0.05) is 41.9 Å². The summed E-state index contributed by atoms with van der Waals surface area (Å²) in [5.74, 6) is -0.0606. The molecule has 0 unspecified atom stereocenters. The van der Waals surface area contributed by atoms with Crippen LogP contribution < -0.4 is 5.73 Å². The number of ether oxygens (including phenoxy) is 1. The highest BCUT2D eigenvalue weighted by atomic mass is 35.5. The zero-order valence-electron chi connectivity index (χ0n) is 17.2. The van der Waals surface area contributed by atoms with E-state index >= 15 is 0 Å². The van der Waals surface area contributed by atoms with Gasteiger partial charge in [-0.15, -0.1) is 0 Å². The Balaban J connectivity index is 1.63. The molecule has 1 saturated heterocycles. The zero-order chi connectivity index (χ0) is 22.1. The number of aromatic amines is 1. The fourth-order valence-corrected chi connectivity index (χ4v) is 4.11. The molecule has 162 valence electrons. The van der Waals surface area contributed by atoms with Gasteiger partial charge in [0, 0.05) is 29.6 Å². The van der Waals surface area contributed by atoms with E-state index in [0.29, 0.717) is 42.7 Å². The number of carbonyl (C=O) groups excluding carboxylic acids is 1. The maximum absolute atomic E-state index is 13.1. The Kier molecular flexibility index (Phi) is 5.57. The highest BCUT2D eigenvalue weighted by molar-refractivity contribution is 6.35. The van der Waals surface area contributed by atoms with Crippen LogP contribution in [0.2, 0.25) is 5.02 Å². The minimum absolute atomic E-state index is 0.112. The molecule has 1 aliphatic rings. The first kappa shape index (κ1) is 20.6. The lowest BCUT2D eigenvalue weighted by atomic mass is 10.0. The number of Topliss-reactive ketones (excluding diaryl/α,β-unsaturated/α-hetero) is 1. The van der Waals surface area contributed by atoms with Gasteiger partial charge in [-0.3, -0.25) is 14.8 Å². The first-order valence-corrected chi connectivity index (χ1v) is 10.7. The first-order chi connectivity index (χ1) is 15.6. The number of anilines is 1. The molecule has 0 spiro atoms. The number of H-pyrrole nitrogens is 1. The second-order valence-electron chi connectivity index (χ2n) is 7.62. The summed E-state index contributed by atoms with van der Waals surface area (Å²) < 4.78 is 5.37. The molecule has 2 aromatic carbocycles. The van der Waals surface area contributed by atoms with Crippen LogP contribution in [-0.4, -0.2) is 63.7 Å². The van der Waals surface area contributed by atoms with Crippen molar-refractivity contribution in [1.82, 2.24) is 25.1 Å². The average Bonchev–Trinajstić information content (AvgIpc) is 3.29. The molecule has 8 nitrogen and oxygen atoms in total. The topological polar surface area (TPSA) is 110 Å². The van der Waals surface area contributed by atoms with E-state index in [1.165, 1.54) is 0 Å². The van der Waals surface area contributed by atoms with Crippen LogP contribution in [0.15, 0.2) is 48.7 Å². The van der Waals surface area contributed by atoms with Gasteiger partial charge in [0.25, 0.3) is 0 Å². The molecule has 1 aliphatic heterocycles. The molecule has 0 aliphatic carbocycles. The van der Waals surface area contributed by atoms with Gasteiger partial charge in [-0.2, -0.15) is 5.10 Å². The molecular weight excluding hydrogens is 428 g/mol. The molecule has 0 saturated carbocycles. The number of nitrogens with one attached hydrogen (secondary N) is 1. The summed E-state index contributed by atoms with van der Waals surface area (Å²) in [6.45, 7) is 2.82. The third kappa shape index (κ3) is 3.95. The largest absolute Gasteiger partial charge is 0.382 e. The van der Waals surface area contributed by atoms with Gasteiger partial charge in [-0.25, -0.2) is 9.97 Å². The van der Waals surface area contributed by atoms with Crippen LogP contribution in [0.3, 0.4) is 0 Å². The van der Waals surface area contributed by atoms with E-state index in [9.17, 15) is 4.79 Å². The Bertz CT molecular complexity index is 1280. The molecular formula is C23H21ClN6O2. The Hall–Kier alpha value is -3.33. The van der Waals surface area contributed by atoms with Crippen molar-refractivity contribution in [1.29, 1.82) is 0 Å². The zero-order valence-corrected chi connectivity index (χ0v) is 18.0. The first-order valence-electron chi connectivity index (χ1n) is 10.3. The van der Waals surface area contributed by atoms with E-state index in [0.717, 1.165) is 22.0 Å². The number of fused-ring (bicyclic) bond motifs is 1. The van der Waals surface area contributed by atoms with Crippen LogP contribution in [0.4, 0.5) is 5.82 Å². The Morgan fingerprint density at radius 3 is 2.62 bits per heavy atom. The maximum atomic E-state index is 13.1. The summed E-state index contributed by atoms with van der Waals surface area (Å²) in [6.07, 6.45) is 1.70. The van der Waals surface area contributed by atoms with Crippen LogP contribution in [-0.2, 0) is 4.74 Å². The monoisotopic (exact) mass is 448 g/mol. The third-order valence-electron chi connectivity index (χ3n) is 5.48. The van der Waals surface area contributed by atoms with E-state index in [1.807, 2.05) is 41.3 Å². The van der Waals surface area contributed by atoms with Crippen LogP contribution in [0.25, 0.3) is 33.4 Å². The molecule has 0 radical (unpaired) electrons. The van der Waals surface area contributed by atoms with Crippen LogP contribution in [0.5, 0.6) is 0 Å². The number of rotatable bonds is 5. The molecule has 2 aromatic heterocycles. The molecule has 0 amide bonds. The number of hydrogen-bond donors (Lipinski definition) is 2. The molecule has 0 atom stereocenters. The summed E-state index contributed by atoms with van der Waals surface area (Å²) in [5.41, 5.74) is 9.85. The Morgan fingerprint density at radius 1 is 1.09 bits per heavy atom. The number of hydrogen-bond acceptors (Lipinski definition) is 7. The lowest BCUT2D eigenvalue weighted by Gasteiger charge is -2.25. The predicted molar refractivity (Wildman–Crippen MR) is 124 cm³/mol. The SMILES string of the molecule is Nc1nc(-c2ccccc2)c(-c2cc(Cl)c3[nH]ncc3c2)nc1C(=O)CN1CCOCC1. The molecule has 5 rings (SSSR count). The molecule has 9 heteroatoms. The number of carbonyl (C=O) groups is 1. The van der Waals surface area contributed by atoms with E-state index < -0.39 is 0 Å². The van der Waals surface area contributed by atoms with Crippen LogP contribution in [0, 0.1) is 0 Å². The number of nitrogens with two attached hydrogens (primary N) is 1. The van der Waals surface area contributed by atoms with Crippen molar-refractivity contribution in [3.05, 3.63) is 59.4 Å². The second-order valence-corrected chi connectivity index (χ2v) is 8.03. The number of morpholine rings is 1. The van der Waals surface area contributed by atoms with Crippen molar-refractivity contribution >= 4 is 34.1 Å². The number of benzene rings is 2. The summed E-state index contributed by atoms with van der Waals surface area (Å²) in [6, 6.07) is 13.3. The van der Waals surface area contributed by atoms with Gasteiger partial charge in [0.05, 0.1) is 47.9 Å². The minimum Gasteiger partial charge on any atom is -0.382 e. The van der Waals surface area contributed by atoms with Gasteiger partial charge in [0.2, 0.25) is 0 Å². The minimum atomic E-state index is -0.173. The number of ketones is 1. The lowest BCUT2D eigenvalue weighted by molar-refractivity contribution is 0.0370. The number of aromatic nitrogens is 4. The Labute approximate surface area is 189 Å². The average molecular weight is 449 g/mol. The fraction of sp³-hybridized carbons (Fsp3) is 0.217.